The molecule has 1 aromatic carbocycles. The van der Waals surface area contributed by atoms with Gasteiger partial charge in [0.1, 0.15) is 5.75 Å². The summed E-state index contributed by atoms with van der Waals surface area (Å²) in [5.74, 6) is 3.78. The largest absolute Gasteiger partial charge is 0.494 e. The van der Waals surface area contributed by atoms with Crippen molar-refractivity contribution in [2.45, 2.75) is 26.1 Å². The molecule has 0 aliphatic rings. The van der Waals surface area contributed by atoms with E-state index in [-0.39, 0.29) is 0 Å². The fourth-order valence-electron chi connectivity index (χ4n) is 1.64. The van der Waals surface area contributed by atoms with Crippen LogP contribution in [0.25, 0.3) is 0 Å². The molecule has 1 rings (SSSR count). The lowest BCUT2D eigenvalue weighted by molar-refractivity contribution is 0.337. The predicted molar refractivity (Wildman–Crippen MR) is 83.3 cm³/mol. The first-order valence-electron chi connectivity index (χ1n) is 6.45. The lowest BCUT2D eigenvalue weighted by Crippen LogP contribution is -2.04. The summed E-state index contributed by atoms with van der Waals surface area (Å²) in [6.07, 6.45) is 1.18. The molecule has 1 aromatic rings. The predicted octanol–water partition coefficient (Wildman–Crippen LogP) is 4.38. The fourth-order valence-corrected chi connectivity index (χ4v) is 2.49. The highest BCUT2D eigenvalue weighted by Gasteiger charge is 2.03. The SMILES string of the molecule is CCOc1ccc(NCCCSCC)cc1CCl. The molecule has 0 fully saturated rings. The summed E-state index contributed by atoms with van der Waals surface area (Å²) in [5, 5.41) is 3.42. The van der Waals surface area contributed by atoms with Crippen LogP contribution in [0.4, 0.5) is 5.69 Å². The zero-order valence-electron chi connectivity index (χ0n) is 11.2. The molecule has 0 spiro atoms. The monoisotopic (exact) mass is 287 g/mol. The first-order chi connectivity index (χ1) is 8.81. The molecule has 0 radical (unpaired) electrons. The summed E-state index contributed by atoms with van der Waals surface area (Å²) in [4.78, 5) is 0. The second kappa shape index (κ2) is 9.40. The first kappa shape index (κ1) is 15.5. The molecule has 0 saturated heterocycles. The van der Waals surface area contributed by atoms with Crippen molar-refractivity contribution in [1.29, 1.82) is 0 Å². The third-order valence-corrected chi connectivity index (χ3v) is 3.78. The number of benzene rings is 1. The summed E-state index contributed by atoms with van der Waals surface area (Å²) in [7, 11) is 0. The van der Waals surface area contributed by atoms with Crippen LogP contribution >= 0.6 is 23.4 Å². The summed E-state index contributed by atoms with van der Waals surface area (Å²) in [5.41, 5.74) is 2.17. The number of halogens is 1. The van der Waals surface area contributed by atoms with Crippen molar-refractivity contribution < 1.29 is 4.74 Å². The molecule has 0 amide bonds. The topological polar surface area (TPSA) is 21.3 Å². The molecule has 0 saturated carbocycles. The Bertz CT molecular complexity index is 347. The van der Waals surface area contributed by atoms with Crippen molar-refractivity contribution in [2.24, 2.45) is 0 Å². The number of thioether (sulfide) groups is 1. The van der Waals surface area contributed by atoms with Crippen LogP contribution in [-0.2, 0) is 5.88 Å². The molecule has 0 aliphatic heterocycles. The number of rotatable bonds is 9. The number of anilines is 1. The molecule has 0 bridgehead atoms. The average molecular weight is 288 g/mol. The average Bonchev–Trinajstić information content (AvgIpc) is 2.40. The van der Waals surface area contributed by atoms with E-state index >= 15 is 0 Å². The van der Waals surface area contributed by atoms with Gasteiger partial charge in [-0.15, -0.1) is 11.6 Å². The zero-order chi connectivity index (χ0) is 13.2. The van der Waals surface area contributed by atoms with Gasteiger partial charge in [0.25, 0.3) is 0 Å². The molecule has 4 heteroatoms. The molecule has 2 nitrogen and oxygen atoms in total. The number of alkyl halides is 1. The second-order valence-electron chi connectivity index (χ2n) is 3.87. The number of hydrogen-bond donors (Lipinski definition) is 1. The van der Waals surface area contributed by atoms with Gasteiger partial charge in [-0.05, 0) is 43.0 Å². The number of hydrogen-bond acceptors (Lipinski definition) is 3. The molecule has 0 aromatic heterocycles. The molecule has 0 unspecified atom stereocenters. The van der Waals surface area contributed by atoms with Crippen LogP contribution in [0.15, 0.2) is 18.2 Å². The Hall–Kier alpha value is -0.540. The summed E-state index contributed by atoms with van der Waals surface area (Å²) in [6, 6.07) is 6.11. The Morgan fingerprint density at radius 3 is 2.83 bits per heavy atom. The lowest BCUT2D eigenvalue weighted by atomic mass is 10.2. The van der Waals surface area contributed by atoms with Gasteiger partial charge in [0.15, 0.2) is 0 Å². The van der Waals surface area contributed by atoms with Gasteiger partial charge in [0.05, 0.1) is 12.5 Å². The zero-order valence-corrected chi connectivity index (χ0v) is 12.7. The van der Waals surface area contributed by atoms with Crippen molar-refractivity contribution in [1.82, 2.24) is 0 Å². The lowest BCUT2D eigenvalue weighted by Gasteiger charge is -2.11. The van der Waals surface area contributed by atoms with E-state index in [1.807, 2.05) is 30.8 Å². The summed E-state index contributed by atoms with van der Waals surface area (Å²) < 4.78 is 5.52. The van der Waals surface area contributed by atoms with E-state index in [0.29, 0.717) is 12.5 Å². The number of ether oxygens (including phenoxy) is 1. The third kappa shape index (κ3) is 5.40. The van der Waals surface area contributed by atoms with Crippen molar-refractivity contribution in [3.8, 4) is 5.75 Å². The van der Waals surface area contributed by atoms with Crippen molar-refractivity contribution in [3.63, 3.8) is 0 Å². The van der Waals surface area contributed by atoms with Crippen molar-refractivity contribution in [2.75, 3.05) is 30.0 Å². The van der Waals surface area contributed by atoms with Crippen LogP contribution in [0.1, 0.15) is 25.8 Å². The van der Waals surface area contributed by atoms with Gasteiger partial charge in [-0.1, -0.05) is 6.92 Å². The minimum Gasteiger partial charge on any atom is -0.494 e. The van der Waals surface area contributed by atoms with E-state index < -0.39 is 0 Å². The van der Waals surface area contributed by atoms with Gasteiger partial charge >= 0.3 is 0 Å². The maximum atomic E-state index is 5.93. The van der Waals surface area contributed by atoms with Crippen LogP contribution in [0.5, 0.6) is 5.75 Å². The standard InChI is InChI=1S/C14H22ClNOS/c1-3-17-14-7-6-13(10-12(14)11-15)16-8-5-9-18-4-2/h6-7,10,16H,3-5,8-9,11H2,1-2H3. The van der Waals surface area contributed by atoms with E-state index in [4.69, 9.17) is 16.3 Å². The molecule has 0 aliphatic carbocycles. The Morgan fingerprint density at radius 2 is 2.17 bits per heavy atom. The van der Waals surface area contributed by atoms with Crippen molar-refractivity contribution in [3.05, 3.63) is 23.8 Å². The number of nitrogens with one attached hydrogen (secondary N) is 1. The summed E-state index contributed by atoms with van der Waals surface area (Å²) in [6.45, 7) is 5.85. The van der Waals surface area contributed by atoms with E-state index in [9.17, 15) is 0 Å². The molecule has 102 valence electrons. The highest BCUT2D eigenvalue weighted by atomic mass is 35.5. The van der Waals surface area contributed by atoms with E-state index in [1.54, 1.807) is 0 Å². The van der Waals surface area contributed by atoms with E-state index in [1.165, 1.54) is 17.9 Å². The van der Waals surface area contributed by atoms with Gasteiger partial charge in [-0.25, -0.2) is 0 Å². The van der Waals surface area contributed by atoms with Crippen molar-refractivity contribution >= 4 is 29.1 Å². The van der Waals surface area contributed by atoms with E-state index in [2.05, 4.69) is 18.3 Å². The highest BCUT2D eigenvalue weighted by molar-refractivity contribution is 7.99. The van der Waals surface area contributed by atoms with Crippen LogP contribution in [0.3, 0.4) is 0 Å². The van der Waals surface area contributed by atoms with Gasteiger partial charge < -0.3 is 10.1 Å². The van der Waals surface area contributed by atoms with Crippen LogP contribution in [-0.4, -0.2) is 24.7 Å². The first-order valence-corrected chi connectivity index (χ1v) is 8.14. The molecule has 1 N–H and O–H groups in total. The summed E-state index contributed by atoms with van der Waals surface area (Å²) >= 11 is 7.91. The Balaban J connectivity index is 2.46. The molecule has 0 heterocycles. The van der Waals surface area contributed by atoms with Gasteiger partial charge in [-0.2, -0.15) is 11.8 Å². The molecular weight excluding hydrogens is 266 g/mol. The molecule has 0 atom stereocenters. The normalized spacial score (nSPS) is 10.4. The quantitative estimate of drug-likeness (QED) is 0.538. The maximum Gasteiger partial charge on any atom is 0.123 e. The van der Waals surface area contributed by atoms with Crippen LogP contribution in [0.2, 0.25) is 0 Å². The van der Waals surface area contributed by atoms with Gasteiger partial charge in [-0.3, -0.25) is 0 Å². The molecule has 18 heavy (non-hydrogen) atoms. The third-order valence-electron chi connectivity index (χ3n) is 2.50. The van der Waals surface area contributed by atoms with Gasteiger partial charge in [0, 0.05) is 17.8 Å². The van der Waals surface area contributed by atoms with Gasteiger partial charge in [0.2, 0.25) is 0 Å². The second-order valence-corrected chi connectivity index (χ2v) is 5.53. The minimum absolute atomic E-state index is 0.483. The van der Waals surface area contributed by atoms with E-state index in [0.717, 1.165) is 23.5 Å². The fraction of sp³-hybridized carbons (Fsp3) is 0.571. The Labute approximate surface area is 119 Å². The minimum atomic E-state index is 0.483. The van der Waals surface area contributed by atoms with Crippen LogP contribution in [0, 0.1) is 0 Å². The van der Waals surface area contributed by atoms with Crippen LogP contribution < -0.4 is 10.1 Å². The Kier molecular flexibility index (Phi) is 8.10. The molecular formula is C14H22ClNOS. The highest BCUT2D eigenvalue weighted by Crippen LogP contribution is 2.24. The maximum absolute atomic E-state index is 5.93. The Morgan fingerprint density at radius 1 is 1.33 bits per heavy atom. The smallest absolute Gasteiger partial charge is 0.123 e.